The first-order valence-corrected chi connectivity index (χ1v) is 25.7. The highest BCUT2D eigenvalue weighted by molar-refractivity contribution is 6.76. The molecule has 0 atom stereocenters. The Morgan fingerprint density at radius 2 is 1.14 bits per heavy atom. The predicted molar refractivity (Wildman–Crippen MR) is 152 cm³/mol. The van der Waals surface area contributed by atoms with Gasteiger partial charge in [-0.05, 0) is 52.1 Å². The largest absolute Gasteiger partial charge is 0.442 e. The molecule has 0 radical (unpaired) electrons. The van der Waals surface area contributed by atoms with Crippen LogP contribution in [-0.2, 0) is 12.7 Å². The standard InChI is InChI=1S/C10H26OSi2.C7H22O2Si3.2C2H6/c1-10(2,9-12(3,4)5)11-13(6,7)8;1-5-6-7-12(4,8-10-2)9-11-3;2*1-2/h9H2,1-8H3;5-7,10-11H2,1-4H3;2*1-2H3. The van der Waals surface area contributed by atoms with Crippen LogP contribution in [0.5, 0.6) is 0 Å². The van der Waals surface area contributed by atoms with Crippen LogP contribution in [0.4, 0.5) is 0 Å². The molecule has 29 heavy (non-hydrogen) atoms. The fourth-order valence-corrected chi connectivity index (χ4v) is 16.1. The van der Waals surface area contributed by atoms with Gasteiger partial charge in [-0.25, -0.2) is 0 Å². The number of rotatable bonds is 11. The third-order valence-electron chi connectivity index (χ3n) is 3.42. The lowest BCUT2D eigenvalue weighted by Crippen LogP contribution is -2.42. The van der Waals surface area contributed by atoms with Gasteiger partial charge in [0.25, 0.3) is 0 Å². The Labute approximate surface area is 194 Å². The monoisotopic (exact) mass is 500 g/mol. The Kier molecular flexibility index (Phi) is 25.2. The summed E-state index contributed by atoms with van der Waals surface area (Å²) >= 11 is 0. The maximum Gasteiger partial charge on any atom is 0.313 e. The van der Waals surface area contributed by atoms with Crippen molar-refractivity contribution in [1.29, 1.82) is 0 Å². The van der Waals surface area contributed by atoms with E-state index in [1.54, 1.807) is 0 Å². The zero-order valence-electron chi connectivity index (χ0n) is 23.5. The van der Waals surface area contributed by atoms with Crippen LogP contribution < -0.4 is 0 Å². The fraction of sp³-hybridized carbons (Fsp3) is 1.00. The lowest BCUT2D eigenvalue weighted by atomic mass is 10.2. The highest BCUT2D eigenvalue weighted by Gasteiger charge is 2.32. The van der Waals surface area contributed by atoms with Gasteiger partial charge in [-0.2, -0.15) is 0 Å². The Bertz CT molecular complexity index is 316. The van der Waals surface area contributed by atoms with Crippen molar-refractivity contribution in [3.8, 4) is 0 Å². The summed E-state index contributed by atoms with van der Waals surface area (Å²) in [7, 11) is -4.57. The van der Waals surface area contributed by atoms with Gasteiger partial charge < -0.3 is 12.7 Å². The lowest BCUT2D eigenvalue weighted by Gasteiger charge is -2.37. The van der Waals surface area contributed by atoms with Crippen molar-refractivity contribution in [2.45, 2.75) is 138 Å². The topological polar surface area (TPSA) is 27.7 Å². The maximum atomic E-state index is 6.17. The van der Waals surface area contributed by atoms with Gasteiger partial charge in [0.15, 0.2) is 8.32 Å². The second kappa shape index (κ2) is 19.6. The quantitative estimate of drug-likeness (QED) is 0.281. The molecule has 0 aliphatic carbocycles. The highest BCUT2D eigenvalue weighted by Crippen LogP contribution is 2.27. The predicted octanol–water partition coefficient (Wildman–Crippen LogP) is 7.16. The molecular formula is C21H60O3Si5. The maximum absolute atomic E-state index is 6.17. The minimum atomic E-state index is -1.65. The van der Waals surface area contributed by atoms with Crippen molar-refractivity contribution in [3.05, 3.63) is 0 Å². The summed E-state index contributed by atoms with van der Waals surface area (Å²) in [5.74, 6) is 0. The van der Waals surface area contributed by atoms with Crippen molar-refractivity contribution in [2.75, 3.05) is 0 Å². The average molecular weight is 501 g/mol. The Morgan fingerprint density at radius 3 is 1.38 bits per heavy atom. The normalized spacial score (nSPS) is 14.5. The summed E-state index contributed by atoms with van der Waals surface area (Å²) in [6.07, 6.45) is 2.53. The van der Waals surface area contributed by atoms with Crippen LogP contribution in [-0.4, -0.2) is 50.1 Å². The van der Waals surface area contributed by atoms with E-state index >= 15 is 0 Å². The molecule has 0 amide bonds. The van der Waals surface area contributed by atoms with Gasteiger partial charge >= 0.3 is 8.56 Å². The van der Waals surface area contributed by atoms with Gasteiger partial charge in [-0.1, -0.05) is 80.2 Å². The van der Waals surface area contributed by atoms with Crippen molar-refractivity contribution < 1.29 is 12.7 Å². The van der Waals surface area contributed by atoms with E-state index in [2.05, 4.69) is 79.7 Å². The Balaban J connectivity index is -0.000000184. The molecule has 0 N–H and O–H groups in total. The van der Waals surface area contributed by atoms with E-state index in [1.807, 2.05) is 27.7 Å². The van der Waals surface area contributed by atoms with E-state index in [4.69, 9.17) is 12.7 Å². The third kappa shape index (κ3) is 31.2. The van der Waals surface area contributed by atoms with E-state index in [-0.39, 0.29) is 25.1 Å². The second-order valence-corrected chi connectivity index (χ2v) is 26.0. The first-order valence-electron chi connectivity index (χ1n) is 12.1. The van der Waals surface area contributed by atoms with Crippen LogP contribution in [0.3, 0.4) is 0 Å². The van der Waals surface area contributed by atoms with Gasteiger partial charge in [0.1, 0.15) is 19.5 Å². The molecule has 0 fully saturated rings. The van der Waals surface area contributed by atoms with Gasteiger partial charge in [0.2, 0.25) is 0 Å². The summed E-state index contributed by atoms with van der Waals surface area (Å²) in [5, 5.41) is 0. The first-order chi connectivity index (χ1) is 13.1. The van der Waals surface area contributed by atoms with Gasteiger partial charge in [0.05, 0.1) is 0 Å². The number of hydrogen-bond acceptors (Lipinski definition) is 3. The van der Waals surface area contributed by atoms with E-state index in [1.165, 1.54) is 24.9 Å². The Morgan fingerprint density at radius 1 is 0.759 bits per heavy atom. The van der Waals surface area contributed by atoms with E-state index in [0.717, 1.165) is 0 Å². The molecule has 182 valence electrons. The van der Waals surface area contributed by atoms with E-state index in [0.29, 0.717) is 0 Å². The van der Waals surface area contributed by atoms with Crippen molar-refractivity contribution in [2.24, 2.45) is 0 Å². The third-order valence-corrected chi connectivity index (χ3v) is 15.0. The molecule has 0 aromatic rings. The van der Waals surface area contributed by atoms with Crippen molar-refractivity contribution in [1.82, 2.24) is 0 Å². The second-order valence-electron chi connectivity index (χ2n) is 9.81. The van der Waals surface area contributed by atoms with Crippen molar-refractivity contribution >= 4 is 44.5 Å². The molecule has 8 heteroatoms. The summed E-state index contributed by atoms with van der Waals surface area (Å²) in [6, 6.07) is 2.45. The van der Waals surface area contributed by atoms with Gasteiger partial charge in [0, 0.05) is 13.7 Å². The van der Waals surface area contributed by atoms with Crippen LogP contribution in [0.2, 0.25) is 71.0 Å². The van der Waals surface area contributed by atoms with Crippen LogP contribution in [0.15, 0.2) is 0 Å². The fourth-order valence-electron chi connectivity index (χ4n) is 3.44. The van der Waals surface area contributed by atoms with Crippen LogP contribution in [0.25, 0.3) is 0 Å². The minimum Gasteiger partial charge on any atom is -0.442 e. The molecule has 0 bridgehead atoms. The molecule has 0 unspecified atom stereocenters. The molecular weight excluding hydrogens is 441 g/mol. The Hall–Kier alpha value is 0.964. The SMILES string of the molecule is CC.CC.CC(C)(C[Si](C)(C)C)O[Si](C)(C)C.CCCC[Si](C)(O[SiH2]C)O[SiH2]C. The molecule has 0 heterocycles. The number of hydrogen-bond donors (Lipinski definition) is 0. The van der Waals surface area contributed by atoms with E-state index in [9.17, 15) is 0 Å². The average Bonchev–Trinajstić information content (AvgIpc) is 2.53. The summed E-state index contributed by atoms with van der Waals surface area (Å²) in [4.78, 5) is 0. The van der Waals surface area contributed by atoms with Gasteiger partial charge in [-0.3, -0.25) is 0 Å². The van der Waals surface area contributed by atoms with Crippen molar-refractivity contribution in [3.63, 3.8) is 0 Å². The van der Waals surface area contributed by atoms with Crippen LogP contribution >= 0.6 is 0 Å². The molecule has 3 nitrogen and oxygen atoms in total. The molecule has 0 saturated carbocycles. The smallest absolute Gasteiger partial charge is 0.313 e. The first kappa shape index (κ1) is 37.3. The molecule has 0 aliphatic heterocycles. The molecule has 0 rings (SSSR count). The lowest BCUT2D eigenvalue weighted by molar-refractivity contribution is 0.121. The highest BCUT2D eigenvalue weighted by atomic mass is 28.4. The summed E-state index contributed by atoms with van der Waals surface area (Å²) in [6.45, 7) is 35.3. The zero-order valence-corrected chi connectivity index (χ0v) is 29.3. The molecule has 0 saturated heterocycles. The molecule has 0 aromatic heterocycles. The zero-order chi connectivity index (χ0) is 24.4. The summed E-state index contributed by atoms with van der Waals surface area (Å²) < 4.78 is 17.9. The molecule has 0 aromatic carbocycles. The minimum absolute atomic E-state index is 0.0922. The summed E-state index contributed by atoms with van der Waals surface area (Å²) in [5.41, 5.74) is 0.0922. The number of unbranched alkanes of at least 4 members (excludes halogenated alkanes) is 1. The molecule has 0 aliphatic rings. The van der Waals surface area contributed by atoms with E-state index < -0.39 is 25.0 Å². The molecule has 0 spiro atoms. The van der Waals surface area contributed by atoms with Crippen LogP contribution in [0.1, 0.15) is 61.3 Å². The van der Waals surface area contributed by atoms with Gasteiger partial charge in [-0.15, -0.1) is 0 Å². The van der Waals surface area contributed by atoms with Crippen LogP contribution in [0, 0.1) is 0 Å².